The van der Waals surface area contributed by atoms with Crippen molar-refractivity contribution in [2.24, 2.45) is 0 Å². The number of anilines is 1. The largest absolute Gasteiger partial charge is 0.495 e. The van der Waals surface area contributed by atoms with Crippen LogP contribution in [0.25, 0.3) is 11.4 Å². The van der Waals surface area contributed by atoms with Gasteiger partial charge in [0.25, 0.3) is 0 Å². The first-order valence-electron chi connectivity index (χ1n) is 10.7. The van der Waals surface area contributed by atoms with Crippen LogP contribution in [-0.4, -0.2) is 33.1 Å². The quantitative estimate of drug-likeness (QED) is 0.393. The van der Waals surface area contributed by atoms with Gasteiger partial charge in [-0.1, -0.05) is 71.9 Å². The molecule has 0 fully saturated rings. The molecule has 172 valence electrons. The molecule has 4 aromatic rings. The van der Waals surface area contributed by atoms with Crippen LogP contribution in [0.4, 0.5) is 5.69 Å². The number of methoxy groups -OCH3 is 1. The molecule has 1 aromatic heterocycles. The fourth-order valence-corrected chi connectivity index (χ4v) is 5.24. The number of ether oxygens (including phenoxy) is 1. The van der Waals surface area contributed by atoms with Gasteiger partial charge in [-0.05, 0) is 42.3 Å². The van der Waals surface area contributed by atoms with Gasteiger partial charge in [0.1, 0.15) is 11.0 Å². The normalized spacial score (nSPS) is 16.9. The van der Waals surface area contributed by atoms with E-state index in [4.69, 9.17) is 16.3 Å². The molecule has 0 aliphatic carbocycles. The Morgan fingerprint density at radius 1 is 1.09 bits per heavy atom. The van der Waals surface area contributed by atoms with E-state index in [1.54, 1.807) is 13.2 Å². The van der Waals surface area contributed by atoms with Crippen molar-refractivity contribution < 1.29 is 9.53 Å². The number of benzene rings is 3. The summed E-state index contributed by atoms with van der Waals surface area (Å²) in [5.41, 5.74) is 7.04. The monoisotopic (exact) mass is 491 g/mol. The summed E-state index contributed by atoms with van der Waals surface area (Å²) >= 11 is 7.80. The Morgan fingerprint density at radius 2 is 1.91 bits per heavy atom. The third-order valence-electron chi connectivity index (χ3n) is 5.55. The maximum absolute atomic E-state index is 13.5. The second kappa shape index (κ2) is 9.40. The van der Waals surface area contributed by atoms with Gasteiger partial charge in [-0.2, -0.15) is 0 Å². The molecule has 0 saturated carbocycles. The lowest BCUT2D eigenvalue weighted by Gasteiger charge is -2.33. The Balaban J connectivity index is 1.53. The number of hydrogen-bond acceptors (Lipinski definition) is 6. The van der Waals surface area contributed by atoms with Crippen molar-refractivity contribution in [3.63, 3.8) is 0 Å². The van der Waals surface area contributed by atoms with Crippen molar-refractivity contribution in [1.82, 2.24) is 14.9 Å². The summed E-state index contributed by atoms with van der Waals surface area (Å²) in [4.78, 5) is 13.5. The summed E-state index contributed by atoms with van der Waals surface area (Å²) in [6.07, 6.45) is 0. The van der Waals surface area contributed by atoms with E-state index in [1.165, 1.54) is 11.8 Å². The number of halogens is 1. The van der Waals surface area contributed by atoms with Gasteiger partial charge in [0, 0.05) is 11.3 Å². The number of aryl methyl sites for hydroxylation is 1. The highest BCUT2D eigenvalue weighted by atomic mass is 35.5. The van der Waals surface area contributed by atoms with Gasteiger partial charge in [-0.25, -0.2) is 4.68 Å². The molecule has 1 amide bonds. The second-order valence-electron chi connectivity index (χ2n) is 7.91. The van der Waals surface area contributed by atoms with E-state index in [0.29, 0.717) is 21.8 Å². The Labute approximate surface area is 206 Å². The lowest BCUT2D eigenvalue weighted by molar-refractivity contribution is -0.116. The minimum Gasteiger partial charge on any atom is -0.495 e. The highest BCUT2D eigenvalue weighted by Gasteiger charge is 2.38. The van der Waals surface area contributed by atoms with Crippen molar-refractivity contribution in [1.29, 1.82) is 0 Å². The molecule has 7 nitrogen and oxygen atoms in total. The smallest absolute Gasteiger partial charge is 0.240 e. The number of carbonyl (C=O) groups is 1. The summed E-state index contributed by atoms with van der Waals surface area (Å²) < 4.78 is 7.14. The van der Waals surface area contributed by atoms with Gasteiger partial charge in [0.2, 0.25) is 11.1 Å². The van der Waals surface area contributed by atoms with Crippen molar-refractivity contribution in [3.8, 4) is 17.1 Å². The average molecular weight is 492 g/mol. The van der Waals surface area contributed by atoms with E-state index in [2.05, 4.69) is 20.9 Å². The van der Waals surface area contributed by atoms with E-state index in [-0.39, 0.29) is 5.91 Å². The predicted octanol–water partition coefficient (Wildman–Crippen LogP) is 5.31. The zero-order chi connectivity index (χ0) is 23.7. The Kier molecular flexibility index (Phi) is 6.17. The second-order valence-corrected chi connectivity index (χ2v) is 9.42. The summed E-state index contributed by atoms with van der Waals surface area (Å²) in [5.74, 6) is 1.10. The summed E-state index contributed by atoms with van der Waals surface area (Å²) in [6, 6.07) is 22.7. The van der Waals surface area contributed by atoms with Crippen LogP contribution in [-0.2, 0) is 4.79 Å². The highest BCUT2D eigenvalue weighted by Crippen LogP contribution is 2.40. The van der Waals surface area contributed by atoms with Crippen LogP contribution in [0.15, 0.2) is 78.0 Å². The van der Waals surface area contributed by atoms with Gasteiger partial charge in [0.15, 0.2) is 5.82 Å². The van der Waals surface area contributed by atoms with Gasteiger partial charge < -0.3 is 15.5 Å². The van der Waals surface area contributed by atoms with Crippen LogP contribution >= 0.6 is 23.4 Å². The van der Waals surface area contributed by atoms with Crippen molar-refractivity contribution in [2.45, 2.75) is 23.4 Å². The molecule has 34 heavy (non-hydrogen) atoms. The van der Waals surface area contributed by atoms with Crippen LogP contribution in [0.2, 0.25) is 5.02 Å². The molecule has 0 saturated heterocycles. The molecule has 3 aromatic carbocycles. The number of thioether (sulfide) groups is 1. The fourth-order valence-electron chi connectivity index (χ4n) is 3.89. The Morgan fingerprint density at radius 3 is 2.65 bits per heavy atom. The first-order chi connectivity index (χ1) is 16.5. The molecule has 0 spiro atoms. The Hall–Kier alpha value is -3.49. The lowest BCUT2D eigenvalue weighted by Crippen LogP contribution is -2.41. The molecule has 2 atom stereocenters. The van der Waals surface area contributed by atoms with Gasteiger partial charge in [-0.15, -0.1) is 10.2 Å². The topological polar surface area (TPSA) is 81.1 Å². The standard InChI is InChI=1S/C25H22ClN5O2S/c1-15-7-6-10-18(13-15)27-24(32)22-21(17-11-12-20(33-2)19(26)14-17)30-31-23(28-29-25(31)34-22)16-8-4-3-5-9-16/h3-14,21-22,30H,1-2H3,(H,27,32)/t21-,22+/m0/s1. The molecule has 9 heteroatoms. The summed E-state index contributed by atoms with van der Waals surface area (Å²) in [5, 5.41) is 12.3. The van der Waals surface area contributed by atoms with Gasteiger partial charge >= 0.3 is 0 Å². The predicted molar refractivity (Wildman–Crippen MR) is 135 cm³/mol. The zero-order valence-electron chi connectivity index (χ0n) is 18.5. The molecule has 0 radical (unpaired) electrons. The maximum Gasteiger partial charge on any atom is 0.240 e. The van der Waals surface area contributed by atoms with E-state index < -0.39 is 11.3 Å². The molecule has 2 heterocycles. The molecular weight excluding hydrogens is 470 g/mol. The fraction of sp³-hybridized carbons (Fsp3) is 0.160. The minimum atomic E-state index is -0.523. The number of nitrogens with one attached hydrogen (secondary N) is 2. The van der Waals surface area contributed by atoms with Gasteiger partial charge in [-0.3, -0.25) is 4.79 Å². The summed E-state index contributed by atoms with van der Waals surface area (Å²) in [7, 11) is 1.57. The molecule has 1 aliphatic heterocycles. The molecule has 2 N–H and O–H groups in total. The molecule has 1 aliphatic rings. The third kappa shape index (κ3) is 4.34. The van der Waals surface area contributed by atoms with Crippen LogP contribution in [0.5, 0.6) is 5.75 Å². The number of amides is 1. The van der Waals surface area contributed by atoms with Gasteiger partial charge in [0.05, 0.1) is 18.2 Å². The number of aromatic nitrogens is 3. The van der Waals surface area contributed by atoms with Crippen LogP contribution in [0, 0.1) is 6.92 Å². The van der Waals surface area contributed by atoms with Crippen molar-refractivity contribution in [3.05, 3.63) is 88.9 Å². The van der Waals surface area contributed by atoms with Crippen LogP contribution < -0.4 is 15.5 Å². The number of carbonyl (C=O) groups excluding carboxylic acids is 1. The first-order valence-corrected chi connectivity index (χ1v) is 11.9. The Bertz CT molecular complexity index is 1340. The number of rotatable bonds is 5. The number of hydrogen-bond donors (Lipinski definition) is 2. The number of nitrogens with zero attached hydrogens (tertiary/aromatic N) is 3. The SMILES string of the molecule is COc1ccc([C@@H]2Nn3c(nnc3-c3ccccc3)S[C@H]2C(=O)Nc2cccc(C)c2)cc1Cl. The maximum atomic E-state index is 13.5. The van der Waals surface area contributed by atoms with E-state index >= 15 is 0 Å². The third-order valence-corrected chi connectivity index (χ3v) is 7.06. The van der Waals surface area contributed by atoms with Crippen molar-refractivity contribution in [2.75, 3.05) is 17.9 Å². The van der Waals surface area contributed by atoms with E-state index in [1.807, 2.05) is 78.3 Å². The van der Waals surface area contributed by atoms with Crippen molar-refractivity contribution >= 4 is 35.0 Å². The molecule has 0 bridgehead atoms. The lowest BCUT2D eigenvalue weighted by atomic mass is 10.0. The minimum absolute atomic E-state index is 0.143. The molecule has 0 unspecified atom stereocenters. The number of fused-ring (bicyclic) bond motifs is 1. The molecular formula is C25H22ClN5O2S. The molecule has 5 rings (SSSR count). The summed E-state index contributed by atoms with van der Waals surface area (Å²) in [6.45, 7) is 1.99. The highest BCUT2D eigenvalue weighted by molar-refractivity contribution is 8.00. The van der Waals surface area contributed by atoms with E-state index in [9.17, 15) is 4.79 Å². The van der Waals surface area contributed by atoms with Crippen LogP contribution in [0.3, 0.4) is 0 Å². The zero-order valence-corrected chi connectivity index (χ0v) is 20.1. The van der Waals surface area contributed by atoms with E-state index in [0.717, 1.165) is 22.4 Å². The average Bonchev–Trinajstić information content (AvgIpc) is 3.27. The first kappa shape index (κ1) is 22.3. The van der Waals surface area contributed by atoms with Crippen LogP contribution in [0.1, 0.15) is 17.2 Å².